The van der Waals surface area contributed by atoms with Crippen molar-refractivity contribution in [2.45, 2.75) is 0 Å². The van der Waals surface area contributed by atoms with Crippen molar-refractivity contribution in [3.8, 4) is 11.3 Å². The molecular weight excluding hydrogens is 268 g/mol. The summed E-state index contributed by atoms with van der Waals surface area (Å²) < 4.78 is 11.6. The van der Waals surface area contributed by atoms with E-state index in [-0.39, 0.29) is 5.28 Å². The van der Waals surface area contributed by atoms with Gasteiger partial charge in [-0.1, -0.05) is 0 Å². The van der Waals surface area contributed by atoms with Crippen molar-refractivity contribution in [3.63, 3.8) is 0 Å². The Kier molecular flexibility index (Phi) is 5.26. The molecule has 0 spiro atoms. The van der Waals surface area contributed by atoms with Gasteiger partial charge < -0.3 is 9.47 Å². The number of halogens is 1. The van der Waals surface area contributed by atoms with Crippen molar-refractivity contribution < 1.29 is 9.47 Å². The highest BCUT2D eigenvalue weighted by Gasteiger charge is 2.01. The van der Waals surface area contributed by atoms with Crippen LogP contribution in [0.3, 0.4) is 0 Å². The van der Waals surface area contributed by atoms with Crippen molar-refractivity contribution in [2.24, 2.45) is 7.05 Å². The predicted octanol–water partition coefficient (Wildman–Crippen LogP) is 1.56. The van der Waals surface area contributed by atoms with E-state index in [2.05, 4.69) is 15.1 Å². The average molecular weight is 283 g/mol. The van der Waals surface area contributed by atoms with Crippen LogP contribution in [0.2, 0.25) is 5.28 Å². The monoisotopic (exact) mass is 282 g/mol. The first kappa shape index (κ1) is 13.9. The molecule has 0 unspecified atom stereocenters. The van der Waals surface area contributed by atoms with Gasteiger partial charge in [-0.05, 0) is 17.7 Å². The van der Waals surface area contributed by atoms with E-state index in [0.29, 0.717) is 0 Å². The Labute approximate surface area is 116 Å². The highest BCUT2D eigenvalue weighted by Crippen LogP contribution is 2.15. The Morgan fingerprint density at radius 2 is 1.89 bits per heavy atom. The van der Waals surface area contributed by atoms with Gasteiger partial charge in [-0.25, -0.2) is 9.97 Å². The van der Waals surface area contributed by atoms with E-state index < -0.39 is 0 Å². The van der Waals surface area contributed by atoms with Gasteiger partial charge in [0, 0.05) is 25.0 Å². The molecule has 6 nitrogen and oxygen atoms in total. The van der Waals surface area contributed by atoms with E-state index in [0.717, 1.165) is 37.7 Å². The smallest absolute Gasteiger partial charge is 0.222 e. The molecule has 3 rings (SSSR count). The number of ether oxygens (including phenoxy) is 2. The average Bonchev–Trinajstić information content (AvgIpc) is 2.88. The number of hydrogen-bond donors (Lipinski definition) is 0. The second-order valence-electron chi connectivity index (χ2n) is 3.84. The van der Waals surface area contributed by atoms with E-state index in [1.807, 2.05) is 13.2 Å². The van der Waals surface area contributed by atoms with Gasteiger partial charge in [0.1, 0.15) is 0 Å². The summed E-state index contributed by atoms with van der Waals surface area (Å²) in [5.41, 5.74) is 1.72. The minimum Gasteiger partial charge on any atom is -0.377 e. The summed E-state index contributed by atoms with van der Waals surface area (Å²) in [5.74, 6) is 0. The van der Waals surface area contributed by atoms with Crippen LogP contribution in [0.1, 0.15) is 0 Å². The molecular formula is C12H15ClN4O2. The number of aromatic nitrogens is 4. The maximum atomic E-state index is 5.65. The molecule has 1 aliphatic rings. The van der Waals surface area contributed by atoms with Crippen LogP contribution < -0.4 is 0 Å². The molecule has 1 fully saturated rings. The zero-order valence-electron chi connectivity index (χ0n) is 10.6. The van der Waals surface area contributed by atoms with Gasteiger partial charge in [0.25, 0.3) is 0 Å². The molecule has 0 atom stereocenters. The summed E-state index contributed by atoms with van der Waals surface area (Å²) in [6, 6.07) is 1.79. The molecule has 0 aliphatic carbocycles. The third-order valence-electron chi connectivity index (χ3n) is 2.37. The fourth-order valence-electron chi connectivity index (χ4n) is 1.49. The van der Waals surface area contributed by atoms with Gasteiger partial charge in [0.2, 0.25) is 5.28 Å². The summed E-state index contributed by atoms with van der Waals surface area (Å²) >= 11 is 5.65. The Hall–Kier alpha value is -1.50. The van der Waals surface area contributed by atoms with E-state index >= 15 is 0 Å². The third kappa shape index (κ3) is 4.59. The first-order valence-corrected chi connectivity index (χ1v) is 6.26. The molecule has 2 aromatic heterocycles. The maximum Gasteiger partial charge on any atom is 0.222 e. The second kappa shape index (κ2) is 7.18. The van der Waals surface area contributed by atoms with Crippen LogP contribution in [-0.4, -0.2) is 46.2 Å². The van der Waals surface area contributed by atoms with Gasteiger partial charge in [-0.2, -0.15) is 5.10 Å². The number of rotatable bonds is 1. The Morgan fingerprint density at radius 1 is 1.21 bits per heavy atom. The zero-order chi connectivity index (χ0) is 13.5. The number of aryl methyl sites for hydroxylation is 1. The minimum atomic E-state index is 0.251. The summed E-state index contributed by atoms with van der Waals surface area (Å²) in [6.45, 7) is 3.11. The highest BCUT2D eigenvalue weighted by atomic mass is 35.5. The van der Waals surface area contributed by atoms with Crippen LogP contribution in [0.15, 0.2) is 24.7 Å². The Morgan fingerprint density at radius 3 is 2.37 bits per heavy atom. The predicted molar refractivity (Wildman–Crippen MR) is 70.9 cm³/mol. The summed E-state index contributed by atoms with van der Waals surface area (Å²) in [4.78, 5) is 7.86. The van der Waals surface area contributed by atoms with Gasteiger partial charge in [0.05, 0.1) is 38.3 Å². The SMILES string of the molecule is C1COCCO1.Cn1cc(-c2ccnc(Cl)n2)cn1. The van der Waals surface area contributed by atoms with Crippen molar-refractivity contribution in [1.29, 1.82) is 0 Å². The summed E-state index contributed by atoms with van der Waals surface area (Å²) in [5, 5.41) is 4.29. The van der Waals surface area contributed by atoms with Gasteiger partial charge >= 0.3 is 0 Å². The van der Waals surface area contributed by atoms with Crippen molar-refractivity contribution in [2.75, 3.05) is 26.4 Å². The van der Waals surface area contributed by atoms with Crippen LogP contribution in [0, 0.1) is 0 Å². The van der Waals surface area contributed by atoms with Crippen LogP contribution >= 0.6 is 11.6 Å². The molecule has 7 heteroatoms. The van der Waals surface area contributed by atoms with Crippen LogP contribution in [0.25, 0.3) is 11.3 Å². The molecule has 1 saturated heterocycles. The topological polar surface area (TPSA) is 62.1 Å². The zero-order valence-corrected chi connectivity index (χ0v) is 11.4. The van der Waals surface area contributed by atoms with E-state index in [9.17, 15) is 0 Å². The fraction of sp³-hybridized carbons (Fsp3) is 0.417. The number of hydrogen-bond acceptors (Lipinski definition) is 5. The maximum absolute atomic E-state index is 5.65. The van der Waals surface area contributed by atoms with Crippen LogP contribution in [0.5, 0.6) is 0 Å². The second-order valence-corrected chi connectivity index (χ2v) is 4.18. The molecule has 0 bridgehead atoms. The first-order valence-electron chi connectivity index (χ1n) is 5.89. The molecule has 0 radical (unpaired) electrons. The van der Waals surface area contributed by atoms with Gasteiger partial charge in [-0.15, -0.1) is 0 Å². The lowest BCUT2D eigenvalue weighted by Crippen LogP contribution is -2.16. The third-order valence-corrected chi connectivity index (χ3v) is 2.55. The molecule has 0 saturated carbocycles. The first-order chi connectivity index (χ1) is 9.25. The Bertz CT molecular complexity index is 502. The minimum absolute atomic E-state index is 0.251. The molecule has 3 heterocycles. The summed E-state index contributed by atoms with van der Waals surface area (Å²) in [6.07, 6.45) is 5.23. The lowest BCUT2D eigenvalue weighted by atomic mass is 10.2. The fourth-order valence-corrected chi connectivity index (χ4v) is 1.64. The van der Waals surface area contributed by atoms with Crippen molar-refractivity contribution >= 4 is 11.6 Å². The molecule has 19 heavy (non-hydrogen) atoms. The largest absolute Gasteiger partial charge is 0.377 e. The summed E-state index contributed by atoms with van der Waals surface area (Å²) in [7, 11) is 1.85. The lowest BCUT2D eigenvalue weighted by Gasteiger charge is -2.09. The normalized spacial score (nSPS) is 14.6. The van der Waals surface area contributed by atoms with Gasteiger partial charge in [-0.3, -0.25) is 4.68 Å². The molecule has 102 valence electrons. The molecule has 1 aliphatic heterocycles. The van der Waals surface area contributed by atoms with E-state index in [1.165, 1.54) is 0 Å². The molecule has 0 N–H and O–H groups in total. The lowest BCUT2D eigenvalue weighted by molar-refractivity contribution is -0.0334. The number of nitrogens with zero attached hydrogens (tertiary/aromatic N) is 4. The van der Waals surface area contributed by atoms with Gasteiger partial charge in [0.15, 0.2) is 0 Å². The van der Waals surface area contributed by atoms with Crippen molar-refractivity contribution in [1.82, 2.24) is 19.7 Å². The molecule has 0 aromatic carbocycles. The Balaban J connectivity index is 0.000000186. The standard InChI is InChI=1S/C8H7ClN4.C4H8O2/c1-13-5-6(4-11-13)7-2-3-10-8(9)12-7;1-2-6-4-3-5-1/h2-5H,1H3;1-4H2. The van der Waals surface area contributed by atoms with E-state index in [1.54, 1.807) is 23.1 Å². The van der Waals surface area contributed by atoms with Crippen molar-refractivity contribution in [3.05, 3.63) is 29.9 Å². The molecule has 0 amide bonds. The molecule has 2 aromatic rings. The van der Waals surface area contributed by atoms with Crippen LogP contribution in [-0.2, 0) is 16.5 Å². The highest BCUT2D eigenvalue weighted by molar-refractivity contribution is 6.28. The van der Waals surface area contributed by atoms with Crippen LogP contribution in [0.4, 0.5) is 0 Å². The van der Waals surface area contributed by atoms with E-state index in [4.69, 9.17) is 21.1 Å². The quantitative estimate of drug-likeness (QED) is 0.743.